The van der Waals surface area contributed by atoms with Crippen molar-refractivity contribution in [2.75, 3.05) is 26.0 Å². The van der Waals surface area contributed by atoms with Gasteiger partial charge in [-0.15, -0.1) is 0 Å². The third-order valence-electron chi connectivity index (χ3n) is 3.38. The van der Waals surface area contributed by atoms with Gasteiger partial charge in [0.2, 0.25) is 5.91 Å². The first-order chi connectivity index (χ1) is 8.00. The fourth-order valence-corrected chi connectivity index (χ4v) is 2.34. The van der Waals surface area contributed by atoms with Gasteiger partial charge in [-0.1, -0.05) is 12.1 Å². The van der Waals surface area contributed by atoms with E-state index in [0.717, 1.165) is 11.3 Å². The lowest BCUT2D eigenvalue weighted by atomic mass is 10.0. The van der Waals surface area contributed by atoms with Crippen LogP contribution in [0.2, 0.25) is 0 Å². The third-order valence-corrected chi connectivity index (χ3v) is 3.38. The number of nitrogens with zero attached hydrogens (tertiary/aromatic N) is 2. The van der Waals surface area contributed by atoms with Crippen LogP contribution in [0.1, 0.15) is 18.0 Å². The van der Waals surface area contributed by atoms with Gasteiger partial charge in [0.1, 0.15) is 0 Å². The van der Waals surface area contributed by atoms with Gasteiger partial charge in [-0.2, -0.15) is 0 Å². The summed E-state index contributed by atoms with van der Waals surface area (Å²) in [6.45, 7) is 0. The van der Waals surface area contributed by atoms with Gasteiger partial charge in [-0.3, -0.25) is 4.79 Å². The molecule has 0 spiro atoms. The van der Waals surface area contributed by atoms with E-state index in [1.807, 2.05) is 26.0 Å². The molecule has 1 aromatic rings. The number of carbonyl (C=O) groups is 1. The number of likely N-dealkylation sites (N-methyl/N-ethyl adjacent to an activating group) is 1. The average molecular weight is 233 g/mol. The van der Waals surface area contributed by atoms with Crippen molar-refractivity contribution >= 4 is 11.6 Å². The molecule has 1 heterocycles. The highest BCUT2D eigenvalue weighted by Gasteiger charge is 2.35. The number of likely N-dealkylation sites (tertiary alicyclic amines) is 1. The summed E-state index contributed by atoms with van der Waals surface area (Å²) in [7, 11) is 5.83. The summed E-state index contributed by atoms with van der Waals surface area (Å²) in [4.78, 5) is 15.4. The molecule has 1 aliphatic rings. The number of hydrogen-bond acceptors (Lipinski definition) is 3. The van der Waals surface area contributed by atoms with Crippen molar-refractivity contribution in [2.45, 2.75) is 18.5 Å². The second-order valence-electron chi connectivity index (χ2n) is 4.80. The summed E-state index contributed by atoms with van der Waals surface area (Å²) >= 11 is 0. The van der Waals surface area contributed by atoms with Crippen molar-refractivity contribution in [2.24, 2.45) is 5.73 Å². The molecule has 0 bridgehead atoms. The monoisotopic (exact) mass is 233 g/mol. The molecule has 0 saturated carbocycles. The zero-order valence-corrected chi connectivity index (χ0v) is 10.6. The molecule has 92 valence electrons. The molecule has 1 saturated heterocycles. The molecule has 0 radical (unpaired) electrons. The van der Waals surface area contributed by atoms with Gasteiger partial charge < -0.3 is 15.5 Å². The molecular weight excluding hydrogens is 214 g/mol. The molecule has 0 unspecified atom stereocenters. The Bertz CT molecular complexity index is 413. The fourth-order valence-electron chi connectivity index (χ4n) is 2.34. The lowest BCUT2D eigenvalue weighted by molar-refractivity contribution is -0.127. The lowest BCUT2D eigenvalue weighted by Crippen LogP contribution is -2.30. The van der Waals surface area contributed by atoms with Crippen LogP contribution in [0, 0.1) is 0 Å². The molecular formula is C13H19N3O. The van der Waals surface area contributed by atoms with E-state index >= 15 is 0 Å². The molecule has 1 fully saturated rings. The minimum atomic E-state index is -0.0993. The highest BCUT2D eigenvalue weighted by atomic mass is 16.2. The number of anilines is 1. The Hall–Kier alpha value is -1.55. The quantitative estimate of drug-likeness (QED) is 0.828. The van der Waals surface area contributed by atoms with Crippen molar-refractivity contribution in [3.05, 3.63) is 29.8 Å². The van der Waals surface area contributed by atoms with Gasteiger partial charge in [-0.05, 0) is 17.7 Å². The number of benzene rings is 1. The minimum absolute atomic E-state index is 0.0127. The number of carbonyl (C=O) groups excluding carboxylic acids is 1. The van der Waals surface area contributed by atoms with E-state index < -0.39 is 0 Å². The molecule has 4 heteroatoms. The summed E-state index contributed by atoms with van der Waals surface area (Å²) in [5.41, 5.74) is 8.27. The largest absolute Gasteiger partial charge is 0.378 e. The Morgan fingerprint density at radius 2 is 1.88 bits per heavy atom. The van der Waals surface area contributed by atoms with E-state index in [9.17, 15) is 4.79 Å². The van der Waals surface area contributed by atoms with Gasteiger partial charge in [-0.25, -0.2) is 0 Å². The Labute approximate surface area is 102 Å². The second-order valence-corrected chi connectivity index (χ2v) is 4.80. The van der Waals surface area contributed by atoms with E-state index in [1.54, 1.807) is 4.90 Å². The fraction of sp³-hybridized carbons (Fsp3) is 0.462. The molecule has 2 atom stereocenters. The van der Waals surface area contributed by atoms with Crippen molar-refractivity contribution < 1.29 is 4.79 Å². The topological polar surface area (TPSA) is 49.6 Å². The molecule has 1 aliphatic heterocycles. The first-order valence-corrected chi connectivity index (χ1v) is 5.79. The van der Waals surface area contributed by atoms with Crippen LogP contribution < -0.4 is 10.6 Å². The Morgan fingerprint density at radius 1 is 1.29 bits per heavy atom. The van der Waals surface area contributed by atoms with Crippen LogP contribution >= 0.6 is 0 Å². The maximum Gasteiger partial charge on any atom is 0.224 e. The average Bonchev–Trinajstić information content (AvgIpc) is 2.53. The molecule has 1 amide bonds. The summed E-state index contributed by atoms with van der Waals surface area (Å²) in [5, 5.41) is 0. The number of nitrogens with two attached hydrogens (primary N) is 1. The van der Waals surface area contributed by atoms with Crippen LogP contribution in [0.3, 0.4) is 0 Å². The number of hydrogen-bond donors (Lipinski definition) is 1. The highest BCUT2D eigenvalue weighted by Crippen LogP contribution is 2.31. The van der Waals surface area contributed by atoms with Crippen LogP contribution in [-0.4, -0.2) is 38.0 Å². The summed E-state index contributed by atoms with van der Waals surface area (Å²) in [5.74, 6) is 0.124. The van der Waals surface area contributed by atoms with Crippen molar-refractivity contribution in [3.8, 4) is 0 Å². The Kier molecular flexibility index (Phi) is 3.07. The summed E-state index contributed by atoms with van der Waals surface area (Å²) < 4.78 is 0. The van der Waals surface area contributed by atoms with Gasteiger partial charge in [0.25, 0.3) is 0 Å². The number of rotatable bonds is 2. The van der Waals surface area contributed by atoms with Gasteiger partial charge in [0.15, 0.2) is 0 Å². The molecule has 0 aromatic heterocycles. The van der Waals surface area contributed by atoms with Crippen molar-refractivity contribution in [1.82, 2.24) is 4.90 Å². The van der Waals surface area contributed by atoms with Crippen molar-refractivity contribution in [3.63, 3.8) is 0 Å². The Morgan fingerprint density at radius 3 is 2.29 bits per heavy atom. The van der Waals surface area contributed by atoms with Crippen LogP contribution in [0.4, 0.5) is 5.69 Å². The van der Waals surface area contributed by atoms with Crippen molar-refractivity contribution in [1.29, 1.82) is 0 Å². The number of amides is 1. The highest BCUT2D eigenvalue weighted by molar-refractivity contribution is 5.80. The van der Waals surface area contributed by atoms with E-state index in [2.05, 4.69) is 24.3 Å². The standard InChI is InChI=1S/C13H19N3O/c1-15(2)10-6-4-9(5-7-10)13-11(14)8-12(17)16(13)3/h4-7,11,13H,8,14H2,1-3H3/t11-,13+/m0/s1. The van der Waals surface area contributed by atoms with E-state index in [-0.39, 0.29) is 18.0 Å². The molecule has 2 rings (SSSR count). The second kappa shape index (κ2) is 4.37. The minimum Gasteiger partial charge on any atom is -0.378 e. The molecule has 1 aromatic carbocycles. The molecule has 17 heavy (non-hydrogen) atoms. The van der Waals surface area contributed by atoms with Crippen LogP contribution in [0.25, 0.3) is 0 Å². The normalized spacial score (nSPS) is 24.2. The van der Waals surface area contributed by atoms with E-state index in [0.29, 0.717) is 6.42 Å². The van der Waals surface area contributed by atoms with Gasteiger partial charge >= 0.3 is 0 Å². The molecule has 2 N–H and O–H groups in total. The molecule has 0 aliphatic carbocycles. The zero-order chi connectivity index (χ0) is 12.6. The Balaban J connectivity index is 2.25. The molecule has 4 nitrogen and oxygen atoms in total. The zero-order valence-electron chi connectivity index (χ0n) is 10.6. The van der Waals surface area contributed by atoms with Gasteiger partial charge in [0, 0.05) is 39.3 Å². The maximum atomic E-state index is 11.6. The lowest BCUT2D eigenvalue weighted by Gasteiger charge is -2.24. The first-order valence-electron chi connectivity index (χ1n) is 5.79. The SMILES string of the molecule is CN(C)c1ccc([C@@H]2[C@@H](N)CC(=O)N2C)cc1. The maximum absolute atomic E-state index is 11.6. The van der Waals surface area contributed by atoms with Crippen LogP contribution in [0.5, 0.6) is 0 Å². The summed E-state index contributed by atoms with van der Waals surface area (Å²) in [6, 6.07) is 8.12. The van der Waals surface area contributed by atoms with Gasteiger partial charge in [0.05, 0.1) is 6.04 Å². The van der Waals surface area contributed by atoms with Crippen LogP contribution in [-0.2, 0) is 4.79 Å². The van der Waals surface area contributed by atoms with Crippen LogP contribution in [0.15, 0.2) is 24.3 Å². The summed E-state index contributed by atoms with van der Waals surface area (Å²) in [6.07, 6.45) is 0.441. The third kappa shape index (κ3) is 2.13. The predicted octanol–water partition coefficient (Wildman–Crippen LogP) is 0.983. The van der Waals surface area contributed by atoms with E-state index in [1.165, 1.54) is 0 Å². The van der Waals surface area contributed by atoms with E-state index in [4.69, 9.17) is 5.73 Å². The predicted molar refractivity (Wildman–Crippen MR) is 68.9 cm³/mol. The first kappa shape index (κ1) is 11.9. The smallest absolute Gasteiger partial charge is 0.224 e.